The molecule has 5 rings (SSSR count). The van der Waals surface area contributed by atoms with E-state index < -0.39 is 17.7 Å². The molecule has 0 saturated carbocycles. The number of methoxy groups -OCH3 is 1. The Morgan fingerprint density at radius 3 is 2.66 bits per heavy atom. The zero-order valence-corrected chi connectivity index (χ0v) is 22.6. The quantitative estimate of drug-likeness (QED) is 0.192. The van der Waals surface area contributed by atoms with Crippen LogP contribution in [-0.4, -0.2) is 59.4 Å². The fraction of sp³-hybridized carbons (Fsp3) is 0.259. The molecule has 0 bridgehead atoms. The van der Waals surface area contributed by atoms with E-state index in [1.54, 1.807) is 31.6 Å². The molecule has 38 heavy (non-hydrogen) atoms. The SMILES string of the molecule is COc1cc(C2/C(=C(\O)c3nc4c(C)cccn4c3C)C(=O)C(=O)N2CCCn2ccnc2)cc(Br)c1O. The van der Waals surface area contributed by atoms with E-state index in [1.807, 2.05) is 40.4 Å². The van der Waals surface area contributed by atoms with Gasteiger partial charge in [-0.3, -0.25) is 9.59 Å². The number of benzene rings is 1. The summed E-state index contributed by atoms with van der Waals surface area (Å²) in [6, 6.07) is 6.04. The Morgan fingerprint density at radius 2 is 1.97 bits per heavy atom. The number of aryl methyl sites for hydroxylation is 3. The summed E-state index contributed by atoms with van der Waals surface area (Å²) < 4.78 is 9.37. The fourth-order valence-corrected chi connectivity index (χ4v) is 5.34. The molecule has 1 atom stereocenters. The average Bonchev–Trinajstić information content (AvgIpc) is 3.60. The summed E-state index contributed by atoms with van der Waals surface area (Å²) in [6.45, 7) is 4.54. The number of carbonyl (C=O) groups is 2. The van der Waals surface area contributed by atoms with Crippen molar-refractivity contribution in [2.75, 3.05) is 13.7 Å². The highest BCUT2D eigenvalue weighted by molar-refractivity contribution is 9.10. The summed E-state index contributed by atoms with van der Waals surface area (Å²) in [5.41, 5.74) is 2.83. The van der Waals surface area contributed by atoms with Crippen molar-refractivity contribution in [2.24, 2.45) is 0 Å². The number of aliphatic hydroxyl groups is 1. The molecule has 11 heteroatoms. The Hall–Kier alpha value is -4.12. The predicted octanol–water partition coefficient (Wildman–Crippen LogP) is 4.14. The molecule has 0 radical (unpaired) electrons. The van der Waals surface area contributed by atoms with Gasteiger partial charge in [0.2, 0.25) is 0 Å². The van der Waals surface area contributed by atoms with Gasteiger partial charge in [0.25, 0.3) is 11.7 Å². The number of likely N-dealkylation sites (tertiary alicyclic amines) is 1. The largest absolute Gasteiger partial charge is 0.505 e. The average molecular weight is 580 g/mol. The topological polar surface area (TPSA) is 122 Å². The minimum Gasteiger partial charge on any atom is -0.505 e. The Kier molecular flexibility index (Phi) is 6.70. The number of phenolic OH excluding ortho intramolecular Hbond substituents is 1. The molecule has 4 aromatic rings. The van der Waals surface area contributed by atoms with Crippen molar-refractivity contribution < 1.29 is 24.5 Å². The van der Waals surface area contributed by atoms with E-state index in [9.17, 15) is 19.8 Å². The highest BCUT2D eigenvalue weighted by Gasteiger charge is 2.46. The monoisotopic (exact) mass is 579 g/mol. The van der Waals surface area contributed by atoms with E-state index >= 15 is 0 Å². The maximum atomic E-state index is 13.5. The third kappa shape index (κ3) is 4.22. The number of pyridine rings is 1. The van der Waals surface area contributed by atoms with Gasteiger partial charge < -0.3 is 28.8 Å². The first-order valence-electron chi connectivity index (χ1n) is 12.0. The second kappa shape index (κ2) is 9.97. The molecule has 2 N–H and O–H groups in total. The summed E-state index contributed by atoms with van der Waals surface area (Å²) in [5.74, 6) is -1.82. The van der Waals surface area contributed by atoms with Crippen LogP contribution in [0.3, 0.4) is 0 Å². The van der Waals surface area contributed by atoms with Crippen molar-refractivity contribution >= 4 is 39.0 Å². The second-order valence-corrected chi connectivity index (χ2v) is 9.99. The molecule has 10 nitrogen and oxygen atoms in total. The van der Waals surface area contributed by atoms with Gasteiger partial charge in [0.05, 0.1) is 35.2 Å². The summed E-state index contributed by atoms with van der Waals surface area (Å²) in [7, 11) is 1.41. The molecule has 0 aliphatic carbocycles. The number of halogens is 1. The van der Waals surface area contributed by atoms with E-state index in [0.29, 0.717) is 34.3 Å². The number of amides is 1. The summed E-state index contributed by atoms with van der Waals surface area (Å²) in [4.78, 5) is 36.9. The lowest BCUT2D eigenvalue weighted by Crippen LogP contribution is -2.31. The van der Waals surface area contributed by atoms with Gasteiger partial charge >= 0.3 is 0 Å². The third-order valence-electron chi connectivity index (χ3n) is 6.81. The molecule has 1 amide bonds. The number of hydrogen-bond donors (Lipinski definition) is 2. The van der Waals surface area contributed by atoms with Crippen LogP contribution in [0.25, 0.3) is 11.4 Å². The maximum absolute atomic E-state index is 13.5. The number of ether oxygens (including phenoxy) is 1. The summed E-state index contributed by atoms with van der Waals surface area (Å²) >= 11 is 3.34. The van der Waals surface area contributed by atoms with Crippen molar-refractivity contribution in [2.45, 2.75) is 32.9 Å². The smallest absolute Gasteiger partial charge is 0.295 e. The highest BCUT2D eigenvalue weighted by Crippen LogP contribution is 2.44. The number of aromatic hydroxyl groups is 1. The Labute approximate surface area is 226 Å². The van der Waals surface area contributed by atoms with Crippen molar-refractivity contribution in [1.29, 1.82) is 0 Å². The van der Waals surface area contributed by atoms with Crippen molar-refractivity contribution in [3.63, 3.8) is 0 Å². The van der Waals surface area contributed by atoms with Gasteiger partial charge in [-0.05, 0) is 65.5 Å². The van der Waals surface area contributed by atoms with Gasteiger partial charge in [0.15, 0.2) is 17.3 Å². The molecule has 1 aromatic carbocycles. The number of nitrogens with zero attached hydrogens (tertiary/aromatic N) is 5. The van der Waals surface area contributed by atoms with Crippen LogP contribution in [0.1, 0.15) is 35.0 Å². The lowest BCUT2D eigenvalue weighted by molar-refractivity contribution is -0.139. The zero-order valence-electron chi connectivity index (χ0n) is 21.1. The molecular formula is C27H26BrN5O5. The zero-order chi connectivity index (χ0) is 27.1. The number of aromatic nitrogens is 4. The van der Waals surface area contributed by atoms with Gasteiger partial charge in [-0.15, -0.1) is 0 Å². The standard InChI is InChI=1S/C27H26BrN5O5/c1-15-6-4-9-32-16(2)21(30-26(15)32)24(35)20-22(17-12-18(28)23(34)19(13-17)38-3)33(27(37)25(20)36)10-5-8-31-11-7-29-14-31/h4,6-7,9,11-14,22,34-35H,5,8,10H2,1-3H3/b24-20+. The molecule has 0 spiro atoms. The minimum atomic E-state index is -0.922. The summed E-state index contributed by atoms with van der Waals surface area (Å²) in [5, 5.41) is 21.9. The van der Waals surface area contributed by atoms with Crippen LogP contribution in [0.2, 0.25) is 0 Å². The lowest BCUT2D eigenvalue weighted by Gasteiger charge is -2.26. The van der Waals surface area contributed by atoms with Crippen molar-refractivity contribution in [1.82, 2.24) is 23.8 Å². The van der Waals surface area contributed by atoms with Crippen LogP contribution in [0, 0.1) is 13.8 Å². The number of phenols is 1. The number of fused-ring (bicyclic) bond motifs is 1. The molecule has 1 fully saturated rings. The third-order valence-corrected chi connectivity index (χ3v) is 7.41. The number of aliphatic hydroxyl groups excluding tert-OH is 1. The first-order chi connectivity index (χ1) is 18.2. The number of ketones is 1. The number of imidazole rings is 2. The second-order valence-electron chi connectivity index (χ2n) is 9.13. The summed E-state index contributed by atoms with van der Waals surface area (Å²) in [6.07, 6.45) is 7.55. The lowest BCUT2D eigenvalue weighted by atomic mass is 9.96. The molecule has 196 valence electrons. The number of carbonyl (C=O) groups excluding carboxylic acids is 2. The number of hydrogen-bond acceptors (Lipinski definition) is 7. The van der Waals surface area contributed by atoms with E-state index in [0.717, 1.165) is 5.56 Å². The van der Waals surface area contributed by atoms with E-state index in [4.69, 9.17) is 4.74 Å². The minimum absolute atomic E-state index is 0.0681. The normalized spacial score (nSPS) is 17.1. The number of rotatable bonds is 7. The van der Waals surface area contributed by atoms with E-state index in [1.165, 1.54) is 12.0 Å². The fourth-order valence-electron chi connectivity index (χ4n) is 4.88. The van der Waals surface area contributed by atoms with E-state index in [-0.39, 0.29) is 35.1 Å². The van der Waals surface area contributed by atoms with E-state index in [2.05, 4.69) is 25.9 Å². The Balaban J connectivity index is 1.65. The predicted molar refractivity (Wildman–Crippen MR) is 143 cm³/mol. The van der Waals surface area contributed by atoms with Gasteiger partial charge in [0.1, 0.15) is 11.3 Å². The van der Waals surface area contributed by atoms with Gasteiger partial charge in [0, 0.05) is 31.7 Å². The first kappa shape index (κ1) is 25.5. The van der Waals surface area contributed by atoms with Crippen LogP contribution in [-0.2, 0) is 16.1 Å². The molecule has 4 heterocycles. The Morgan fingerprint density at radius 1 is 1.18 bits per heavy atom. The first-order valence-corrected chi connectivity index (χ1v) is 12.8. The molecule has 1 unspecified atom stereocenters. The highest BCUT2D eigenvalue weighted by atomic mass is 79.9. The molecule has 1 aliphatic heterocycles. The molecular weight excluding hydrogens is 554 g/mol. The van der Waals surface area contributed by atoms with Crippen LogP contribution >= 0.6 is 15.9 Å². The molecule has 1 aliphatic rings. The van der Waals surface area contributed by atoms with Crippen molar-refractivity contribution in [3.05, 3.63) is 81.7 Å². The van der Waals surface area contributed by atoms with Crippen molar-refractivity contribution in [3.8, 4) is 11.5 Å². The van der Waals surface area contributed by atoms with Gasteiger partial charge in [-0.1, -0.05) is 6.07 Å². The molecule has 3 aromatic heterocycles. The van der Waals surface area contributed by atoms with Gasteiger partial charge in [-0.2, -0.15) is 0 Å². The molecule has 1 saturated heterocycles. The number of Topliss-reactive ketones (excluding diaryl/α,β-unsaturated/α-hetero) is 1. The van der Waals surface area contributed by atoms with Crippen LogP contribution in [0.4, 0.5) is 0 Å². The van der Waals surface area contributed by atoms with Gasteiger partial charge in [-0.25, -0.2) is 9.97 Å². The Bertz CT molecular complexity index is 1590. The van der Waals surface area contributed by atoms with Crippen LogP contribution in [0.15, 0.2) is 59.2 Å². The van der Waals surface area contributed by atoms with Crippen LogP contribution in [0.5, 0.6) is 11.5 Å². The van der Waals surface area contributed by atoms with Crippen LogP contribution < -0.4 is 4.74 Å². The maximum Gasteiger partial charge on any atom is 0.295 e.